The SMILES string of the molecule is Cc1ccc(C(=O)c2nn(C(C)C)c(N)c2C#N)cc1. The summed E-state index contributed by atoms with van der Waals surface area (Å²) in [5.41, 5.74) is 7.70. The third-order valence-electron chi connectivity index (χ3n) is 3.08. The zero-order chi connectivity index (χ0) is 14.9. The molecule has 0 unspecified atom stereocenters. The van der Waals surface area contributed by atoms with Gasteiger partial charge in [0.15, 0.2) is 5.69 Å². The van der Waals surface area contributed by atoms with Crippen LogP contribution in [0.2, 0.25) is 0 Å². The Labute approximate surface area is 117 Å². The molecule has 1 aromatic carbocycles. The average Bonchev–Trinajstić information content (AvgIpc) is 2.75. The summed E-state index contributed by atoms with van der Waals surface area (Å²) in [6.45, 7) is 5.73. The van der Waals surface area contributed by atoms with E-state index in [-0.39, 0.29) is 28.9 Å². The van der Waals surface area contributed by atoms with Crippen molar-refractivity contribution >= 4 is 11.6 Å². The number of nitrogens with two attached hydrogens (primary N) is 1. The maximum absolute atomic E-state index is 12.4. The topological polar surface area (TPSA) is 84.7 Å². The Morgan fingerprint density at radius 1 is 1.35 bits per heavy atom. The van der Waals surface area contributed by atoms with E-state index in [0.29, 0.717) is 5.56 Å². The van der Waals surface area contributed by atoms with E-state index in [9.17, 15) is 10.1 Å². The minimum Gasteiger partial charge on any atom is -0.383 e. The molecule has 0 saturated heterocycles. The van der Waals surface area contributed by atoms with Crippen molar-refractivity contribution in [2.24, 2.45) is 0 Å². The molecular weight excluding hydrogens is 252 g/mol. The first-order valence-electron chi connectivity index (χ1n) is 6.35. The maximum atomic E-state index is 12.4. The lowest BCUT2D eigenvalue weighted by Gasteiger charge is -2.06. The standard InChI is InChI=1S/C15H16N4O/c1-9(2)19-15(17)12(8-16)13(18-19)14(20)11-6-4-10(3)5-7-11/h4-7,9H,17H2,1-3H3. The Morgan fingerprint density at radius 3 is 2.45 bits per heavy atom. The highest BCUT2D eigenvalue weighted by Crippen LogP contribution is 2.22. The molecule has 1 heterocycles. The summed E-state index contributed by atoms with van der Waals surface area (Å²) in [7, 11) is 0. The molecule has 20 heavy (non-hydrogen) atoms. The van der Waals surface area contributed by atoms with E-state index in [0.717, 1.165) is 5.56 Å². The van der Waals surface area contributed by atoms with Gasteiger partial charge in [0.05, 0.1) is 0 Å². The van der Waals surface area contributed by atoms with Crippen molar-refractivity contribution in [1.29, 1.82) is 5.26 Å². The molecule has 0 amide bonds. The monoisotopic (exact) mass is 268 g/mol. The van der Waals surface area contributed by atoms with Crippen LogP contribution in [0.3, 0.4) is 0 Å². The lowest BCUT2D eigenvalue weighted by atomic mass is 10.0. The zero-order valence-corrected chi connectivity index (χ0v) is 11.7. The van der Waals surface area contributed by atoms with Crippen LogP contribution in [0.25, 0.3) is 0 Å². The molecule has 0 saturated carbocycles. The van der Waals surface area contributed by atoms with E-state index in [1.54, 1.807) is 12.1 Å². The number of nitriles is 1. The van der Waals surface area contributed by atoms with Gasteiger partial charge in [0.2, 0.25) is 5.78 Å². The number of nitrogen functional groups attached to an aromatic ring is 1. The second-order valence-corrected chi connectivity index (χ2v) is 4.95. The second-order valence-electron chi connectivity index (χ2n) is 4.95. The highest BCUT2D eigenvalue weighted by atomic mass is 16.1. The Morgan fingerprint density at radius 2 is 1.95 bits per heavy atom. The molecule has 0 bridgehead atoms. The van der Waals surface area contributed by atoms with Crippen molar-refractivity contribution in [2.45, 2.75) is 26.8 Å². The van der Waals surface area contributed by atoms with Crippen LogP contribution in [0.5, 0.6) is 0 Å². The normalized spacial score (nSPS) is 10.6. The van der Waals surface area contributed by atoms with Gasteiger partial charge in [0, 0.05) is 11.6 Å². The third kappa shape index (κ3) is 2.28. The molecule has 102 valence electrons. The highest BCUT2D eigenvalue weighted by molar-refractivity contribution is 6.09. The van der Waals surface area contributed by atoms with Gasteiger partial charge in [-0.3, -0.25) is 4.79 Å². The quantitative estimate of drug-likeness (QED) is 0.866. The summed E-state index contributed by atoms with van der Waals surface area (Å²) < 4.78 is 1.50. The fourth-order valence-corrected chi connectivity index (χ4v) is 1.95. The largest absolute Gasteiger partial charge is 0.383 e. The predicted octanol–water partition coefficient (Wildman–Crippen LogP) is 2.46. The van der Waals surface area contributed by atoms with Gasteiger partial charge in [-0.25, -0.2) is 4.68 Å². The molecule has 0 aliphatic heterocycles. The summed E-state index contributed by atoms with van der Waals surface area (Å²) in [5.74, 6) is -0.0504. The van der Waals surface area contributed by atoms with E-state index >= 15 is 0 Å². The Balaban J connectivity index is 2.52. The molecular formula is C15H16N4O. The molecule has 2 rings (SSSR count). The van der Waals surface area contributed by atoms with Crippen molar-refractivity contribution in [3.63, 3.8) is 0 Å². The fraction of sp³-hybridized carbons (Fsp3) is 0.267. The van der Waals surface area contributed by atoms with E-state index in [1.807, 2.05) is 39.0 Å². The van der Waals surface area contributed by atoms with Crippen LogP contribution < -0.4 is 5.73 Å². The lowest BCUT2D eigenvalue weighted by Crippen LogP contribution is -2.08. The van der Waals surface area contributed by atoms with Gasteiger partial charge in [0.25, 0.3) is 0 Å². The number of carbonyl (C=O) groups is 1. The fourth-order valence-electron chi connectivity index (χ4n) is 1.95. The number of nitrogens with zero attached hydrogens (tertiary/aromatic N) is 3. The van der Waals surface area contributed by atoms with Gasteiger partial charge in [-0.05, 0) is 20.8 Å². The Bertz CT molecular complexity index is 690. The van der Waals surface area contributed by atoms with Crippen molar-refractivity contribution in [3.8, 4) is 6.07 Å². The first-order valence-corrected chi connectivity index (χ1v) is 6.35. The lowest BCUT2D eigenvalue weighted by molar-refractivity contribution is 0.103. The maximum Gasteiger partial charge on any atom is 0.214 e. The third-order valence-corrected chi connectivity index (χ3v) is 3.08. The van der Waals surface area contributed by atoms with Gasteiger partial charge >= 0.3 is 0 Å². The van der Waals surface area contributed by atoms with E-state index in [4.69, 9.17) is 5.73 Å². The summed E-state index contributed by atoms with van der Waals surface area (Å²) in [6.07, 6.45) is 0. The number of anilines is 1. The van der Waals surface area contributed by atoms with Crippen LogP contribution in [0.1, 0.15) is 47.1 Å². The minimum absolute atomic E-state index is 0.0123. The van der Waals surface area contributed by atoms with Gasteiger partial charge in [-0.1, -0.05) is 29.8 Å². The molecule has 0 atom stereocenters. The molecule has 0 fully saturated rings. The van der Waals surface area contributed by atoms with Crippen LogP contribution >= 0.6 is 0 Å². The molecule has 0 radical (unpaired) electrons. The molecule has 2 aromatic rings. The molecule has 0 aliphatic carbocycles. The van der Waals surface area contributed by atoms with Crippen LogP contribution in [0.15, 0.2) is 24.3 Å². The second kappa shape index (κ2) is 5.17. The van der Waals surface area contributed by atoms with Crippen molar-refractivity contribution in [1.82, 2.24) is 9.78 Å². The van der Waals surface area contributed by atoms with Gasteiger partial charge in [-0.15, -0.1) is 0 Å². The van der Waals surface area contributed by atoms with Crippen LogP contribution in [0.4, 0.5) is 5.82 Å². The predicted molar refractivity (Wildman–Crippen MR) is 76.4 cm³/mol. The molecule has 5 nitrogen and oxygen atoms in total. The molecule has 5 heteroatoms. The van der Waals surface area contributed by atoms with Crippen molar-refractivity contribution < 1.29 is 4.79 Å². The number of aryl methyl sites for hydroxylation is 1. The van der Waals surface area contributed by atoms with Gasteiger partial charge in [0.1, 0.15) is 17.5 Å². The number of ketones is 1. The highest BCUT2D eigenvalue weighted by Gasteiger charge is 2.23. The average molecular weight is 268 g/mol. The number of hydrogen-bond acceptors (Lipinski definition) is 4. The van der Waals surface area contributed by atoms with E-state index in [2.05, 4.69) is 5.10 Å². The number of aromatic nitrogens is 2. The van der Waals surface area contributed by atoms with E-state index < -0.39 is 0 Å². The summed E-state index contributed by atoms with van der Waals surface area (Å²) in [4.78, 5) is 12.4. The van der Waals surface area contributed by atoms with Gasteiger partial charge < -0.3 is 5.73 Å². The van der Waals surface area contributed by atoms with Crippen molar-refractivity contribution in [2.75, 3.05) is 5.73 Å². The first-order chi connectivity index (χ1) is 9.45. The summed E-state index contributed by atoms with van der Waals surface area (Å²) >= 11 is 0. The van der Waals surface area contributed by atoms with Crippen LogP contribution in [-0.2, 0) is 0 Å². The molecule has 0 spiro atoms. The minimum atomic E-state index is -0.285. The van der Waals surface area contributed by atoms with Crippen molar-refractivity contribution in [3.05, 3.63) is 46.6 Å². The number of rotatable bonds is 3. The first kappa shape index (κ1) is 13.8. The number of benzene rings is 1. The Hall–Kier alpha value is -2.61. The smallest absolute Gasteiger partial charge is 0.214 e. The summed E-state index contributed by atoms with van der Waals surface area (Å²) in [5, 5.41) is 13.4. The van der Waals surface area contributed by atoms with E-state index in [1.165, 1.54) is 4.68 Å². The van der Waals surface area contributed by atoms with Gasteiger partial charge in [-0.2, -0.15) is 10.4 Å². The number of hydrogen-bond donors (Lipinski definition) is 1. The molecule has 0 aliphatic rings. The summed E-state index contributed by atoms with van der Waals surface area (Å²) in [6, 6.07) is 9.11. The van der Waals surface area contributed by atoms with Crippen LogP contribution in [-0.4, -0.2) is 15.6 Å². The zero-order valence-electron chi connectivity index (χ0n) is 11.7. The number of carbonyl (C=O) groups excluding carboxylic acids is 1. The molecule has 2 N–H and O–H groups in total. The molecule has 1 aromatic heterocycles. The van der Waals surface area contributed by atoms with Crippen LogP contribution in [0, 0.1) is 18.3 Å². The Kier molecular flexibility index (Phi) is 3.57.